The number of aliphatic hydroxyl groups excluding tert-OH is 1. The summed E-state index contributed by atoms with van der Waals surface area (Å²) in [7, 11) is -1.34. The first-order valence-electron chi connectivity index (χ1n) is 10.6. The highest BCUT2D eigenvalue weighted by atomic mass is 16.5. The van der Waals surface area contributed by atoms with Crippen LogP contribution in [0.5, 0.6) is 5.75 Å². The number of piperazine rings is 1. The van der Waals surface area contributed by atoms with Crippen LogP contribution in [0.3, 0.4) is 0 Å². The third-order valence-electron chi connectivity index (χ3n) is 5.49. The van der Waals surface area contributed by atoms with Gasteiger partial charge in [-0.1, -0.05) is 32.0 Å². The molecule has 1 fully saturated rings. The quantitative estimate of drug-likeness (QED) is 0.240. The fraction of sp³-hybridized carbons (Fsp3) is 0.600. The number of amides is 2. The molecular formula is C20H31BN4O6. The van der Waals surface area contributed by atoms with Crippen molar-refractivity contribution in [1.29, 1.82) is 0 Å². The summed E-state index contributed by atoms with van der Waals surface area (Å²) in [5, 5.41) is 35.3. The second kappa shape index (κ2) is 10.4. The van der Waals surface area contributed by atoms with Crippen molar-refractivity contribution < 1.29 is 29.5 Å². The van der Waals surface area contributed by atoms with E-state index in [9.17, 15) is 24.8 Å². The second-order valence-corrected chi connectivity index (χ2v) is 8.30. The number of fused-ring (bicyclic) bond motifs is 1. The van der Waals surface area contributed by atoms with Crippen LogP contribution in [0.15, 0.2) is 18.2 Å². The van der Waals surface area contributed by atoms with Gasteiger partial charge in [-0.2, -0.15) is 0 Å². The van der Waals surface area contributed by atoms with Gasteiger partial charge in [0.1, 0.15) is 5.75 Å². The molecule has 1 atom stereocenters. The molecule has 3 rings (SSSR count). The number of para-hydroxylation sites is 1. The van der Waals surface area contributed by atoms with E-state index in [1.165, 1.54) is 11.0 Å². The Morgan fingerprint density at radius 3 is 2.77 bits per heavy atom. The van der Waals surface area contributed by atoms with Gasteiger partial charge in [0.25, 0.3) is 0 Å². The van der Waals surface area contributed by atoms with Gasteiger partial charge in [-0.15, -0.1) is 0 Å². The molecule has 2 aliphatic rings. The molecule has 2 amide bonds. The molecule has 0 saturated carbocycles. The minimum atomic E-state index is -1.72. The van der Waals surface area contributed by atoms with Crippen LogP contribution in [0, 0.1) is 0 Å². The van der Waals surface area contributed by atoms with E-state index in [-0.39, 0.29) is 42.6 Å². The first-order chi connectivity index (χ1) is 14.7. The summed E-state index contributed by atoms with van der Waals surface area (Å²) < 4.78 is 5.44. The lowest BCUT2D eigenvalue weighted by Gasteiger charge is -2.35. The van der Waals surface area contributed by atoms with Crippen LogP contribution in [-0.4, -0.2) is 95.2 Å². The molecule has 0 unspecified atom stereocenters. The minimum absolute atomic E-state index is 0.0810. The standard InChI is InChI=1S/C20H31BN4O6/c1-13(2)22-6-7-24-8-9-25(18(27)12-24)11-17(26)23-16-10-14-4-3-5-15(20(28)29)19(14)31-21(16)30/h3-5,13,16,20,22,28-30H,6-12H2,1-2H3,(H,23,26)/t16-/m0/s1. The van der Waals surface area contributed by atoms with Crippen LogP contribution in [0.1, 0.15) is 31.3 Å². The summed E-state index contributed by atoms with van der Waals surface area (Å²) in [5.41, 5.74) is 0.814. The minimum Gasteiger partial charge on any atom is -0.534 e. The van der Waals surface area contributed by atoms with Crippen molar-refractivity contribution in [2.45, 2.75) is 38.5 Å². The third kappa shape index (κ3) is 6.17. The van der Waals surface area contributed by atoms with E-state index in [1.807, 2.05) is 0 Å². The van der Waals surface area contributed by atoms with Gasteiger partial charge in [0, 0.05) is 37.8 Å². The molecular weight excluding hydrogens is 403 g/mol. The number of benzene rings is 1. The van der Waals surface area contributed by atoms with Crippen LogP contribution >= 0.6 is 0 Å². The van der Waals surface area contributed by atoms with Crippen molar-refractivity contribution in [1.82, 2.24) is 20.4 Å². The summed E-state index contributed by atoms with van der Waals surface area (Å²) in [6.07, 6.45) is -1.45. The monoisotopic (exact) mass is 434 g/mol. The molecule has 0 spiro atoms. The van der Waals surface area contributed by atoms with Crippen molar-refractivity contribution in [3.05, 3.63) is 29.3 Å². The lowest BCUT2D eigenvalue weighted by Crippen LogP contribution is -2.57. The number of hydrogen-bond donors (Lipinski definition) is 5. The summed E-state index contributed by atoms with van der Waals surface area (Å²) in [6.45, 7) is 7.10. The Kier molecular flexibility index (Phi) is 7.90. The lowest BCUT2D eigenvalue weighted by molar-refractivity contribution is -0.140. The van der Waals surface area contributed by atoms with Crippen LogP contribution in [-0.2, 0) is 16.0 Å². The van der Waals surface area contributed by atoms with Crippen molar-refractivity contribution in [2.24, 2.45) is 0 Å². The zero-order valence-electron chi connectivity index (χ0n) is 18.0. The van der Waals surface area contributed by atoms with E-state index in [2.05, 4.69) is 29.4 Å². The summed E-state index contributed by atoms with van der Waals surface area (Å²) in [6, 6.07) is 5.29. The van der Waals surface area contributed by atoms with E-state index in [0.29, 0.717) is 24.7 Å². The Morgan fingerprint density at radius 2 is 2.10 bits per heavy atom. The largest absolute Gasteiger partial charge is 0.547 e. The Bertz CT molecular complexity index is 793. The molecule has 0 bridgehead atoms. The first kappa shape index (κ1) is 23.5. The molecule has 31 heavy (non-hydrogen) atoms. The van der Waals surface area contributed by atoms with E-state index in [4.69, 9.17) is 4.65 Å². The molecule has 11 heteroatoms. The third-order valence-corrected chi connectivity index (χ3v) is 5.49. The van der Waals surface area contributed by atoms with E-state index in [1.54, 1.807) is 12.1 Å². The number of hydrogen-bond acceptors (Lipinski definition) is 8. The maximum atomic E-state index is 12.5. The molecule has 2 heterocycles. The molecule has 170 valence electrons. The van der Waals surface area contributed by atoms with Gasteiger partial charge in [0.05, 0.1) is 19.0 Å². The highest BCUT2D eigenvalue weighted by molar-refractivity contribution is 6.46. The fourth-order valence-corrected chi connectivity index (χ4v) is 3.83. The smallest absolute Gasteiger partial charge is 0.534 e. The predicted molar refractivity (Wildman–Crippen MR) is 114 cm³/mol. The lowest BCUT2D eigenvalue weighted by atomic mass is 9.72. The van der Waals surface area contributed by atoms with Crippen LogP contribution in [0.2, 0.25) is 0 Å². The van der Waals surface area contributed by atoms with Crippen LogP contribution in [0.25, 0.3) is 0 Å². The van der Waals surface area contributed by atoms with E-state index in [0.717, 1.165) is 13.1 Å². The van der Waals surface area contributed by atoms with Crippen molar-refractivity contribution in [2.75, 3.05) is 39.3 Å². The summed E-state index contributed by atoms with van der Waals surface area (Å²) in [4.78, 5) is 28.5. The van der Waals surface area contributed by atoms with Crippen molar-refractivity contribution in [3.8, 4) is 5.75 Å². The Morgan fingerprint density at radius 1 is 1.32 bits per heavy atom. The highest BCUT2D eigenvalue weighted by Gasteiger charge is 2.38. The molecule has 2 aliphatic heterocycles. The Hall–Kier alpha value is -2.18. The number of nitrogens with one attached hydrogen (secondary N) is 2. The zero-order valence-corrected chi connectivity index (χ0v) is 18.0. The molecule has 0 aromatic heterocycles. The molecule has 1 aromatic carbocycles. The first-order valence-corrected chi connectivity index (χ1v) is 10.6. The van der Waals surface area contributed by atoms with Crippen LogP contribution < -0.4 is 15.3 Å². The molecule has 5 N–H and O–H groups in total. The van der Waals surface area contributed by atoms with Gasteiger partial charge in [0.2, 0.25) is 11.8 Å². The number of carbonyl (C=O) groups excluding carboxylic acids is 2. The van der Waals surface area contributed by atoms with Gasteiger partial charge in [-0.05, 0) is 12.0 Å². The summed E-state index contributed by atoms with van der Waals surface area (Å²) >= 11 is 0. The maximum Gasteiger partial charge on any atom is 0.547 e. The van der Waals surface area contributed by atoms with Gasteiger partial charge in [-0.25, -0.2) is 0 Å². The predicted octanol–water partition coefficient (Wildman–Crippen LogP) is -1.75. The SMILES string of the molecule is CC(C)NCCN1CCN(CC(=O)N[C@H]2Cc3cccc(C(O)O)c3OB2O)C(=O)C1. The maximum absolute atomic E-state index is 12.5. The molecule has 0 aliphatic carbocycles. The van der Waals surface area contributed by atoms with Gasteiger partial charge in [-0.3, -0.25) is 14.5 Å². The number of carbonyl (C=O) groups is 2. The van der Waals surface area contributed by atoms with Gasteiger partial charge >= 0.3 is 7.12 Å². The average Bonchev–Trinajstić information content (AvgIpc) is 2.69. The topological polar surface area (TPSA) is 135 Å². The molecule has 1 saturated heterocycles. The second-order valence-electron chi connectivity index (χ2n) is 8.30. The fourth-order valence-electron chi connectivity index (χ4n) is 3.83. The van der Waals surface area contributed by atoms with E-state index < -0.39 is 19.3 Å². The van der Waals surface area contributed by atoms with Crippen LogP contribution in [0.4, 0.5) is 0 Å². The zero-order chi connectivity index (χ0) is 22.5. The Balaban J connectivity index is 1.50. The van der Waals surface area contributed by atoms with Crippen molar-refractivity contribution >= 4 is 18.9 Å². The molecule has 1 aromatic rings. The number of aliphatic hydroxyl groups is 2. The normalized spacial score (nSPS) is 19.6. The molecule has 0 radical (unpaired) electrons. The van der Waals surface area contributed by atoms with E-state index >= 15 is 0 Å². The molecule has 10 nitrogen and oxygen atoms in total. The summed E-state index contributed by atoms with van der Waals surface area (Å²) in [5.74, 6) is -0.964. The van der Waals surface area contributed by atoms with Crippen molar-refractivity contribution in [3.63, 3.8) is 0 Å². The number of rotatable bonds is 8. The average molecular weight is 434 g/mol. The number of nitrogens with zero attached hydrogens (tertiary/aromatic N) is 2. The Labute approximate surface area is 182 Å². The highest BCUT2D eigenvalue weighted by Crippen LogP contribution is 2.32. The van der Waals surface area contributed by atoms with Gasteiger partial charge in [0.15, 0.2) is 6.29 Å². The van der Waals surface area contributed by atoms with Gasteiger partial charge < -0.3 is 35.4 Å².